The average Bonchev–Trinajstić information content (AvgIpc) is 1.08. The molecule has 2 rings (SSSR count). The first-order chi connectivity index (χ1) is 42.0. The highest BCUT2D eigenvalue weighted by Crippen LogP contribution is 2.30. The van der Waals surface area contributed by atoms with E-state index >= 15 is 0 Å². The molecule has 1 fully saturated rings. The minimum atomic E-state index is -1.85. The van der Waals surface area contributed by atoms with Crippen LogP contribution in [0.2, 0.25) is 0 Å². The first kappa shape index (κ1) is 81.5. The normalized spacial score (nSPS) is 15.7. The fraction of sp³-hybridized carbons (Fsp3) is 0.781. The molecule has 0 spiro atoms. The van der Waals surface area contributed by atoms with Gasteiger partial charge in [-0.05, 0) is 120 Å². The van der Waals surface area contributed by atoms with Crippen LogP contribution in [0.4, 0.5) is 17.6 Å². The lowest BCUT2D eigenvalue weighted by molar-refractivity contribution is -0.163. The van der Waals surface area contributed by atoms with Crippen molar-refractivity contribution in [2.75, 3.05) is 125 Å². The van der Waals surface area contributed by atoms with Crippen LogP contribution in [0, 0.1) is 34.1 Å². The number of rotatable bonds is 33. The van der Waals surface area contributed by atoms with Gasteiger partial charge < -0.3 is 53.8 Å². The van der Waals surface area contributed by atoms with Crippen LogP contribution in [0.1, 0.15) is 156 Å². The second-order valence-corrected chi connectivity index (χ2v) is 28.5. The van der Waals surface area contributed by atoms with Crippen LogP contribution in [0.25, 0.3) is 0 Å². The molecule has 1 unspecified atom stereocenters. The predicted molar refractivity (Wildman–Crippen MR) is 331 cm³/mol. The SMILES string of the molecule is COCCOCCNC(=O)[C@@H](CCCCNC(=O)CCC(C(=O)OC(C)(C)C)N1CCN(CC(=O)OC(C)(C)C)CCN(CC(=O)OC(C)(C)C)CCN(CC(=O)OC(C)(C)C)CC1)NC(=O)CC(C)(C)COCC(C)(C)CC(=O)Oc1c(F)c(F)cc(F)c1F. The molecule has 2 atom stereocenters. The van der Waals surface area contributed by atoms with E-state index in [1.807, 2.05) is 19.6 Å². The van der Waals surface area contributed by atoms with Gasteiger partial charge in [0, 0.05) is 91.5 Å². The van der Waals surface area contributed by atoms with Gasteiger partial charge in [0.1, 0.15) is 34.5 Å². The zero-order valence-corrected chi connectivity index (χ0v) is 57.2. The number of amides is 3. The molecule has 0 aromatic heterocycles. The summed E-state index contributed by atoms with van der Waals surface area (Å²) in [6.07, 6.45) is 0.336. The highest BCUT2D eigenvalue weighted by atomic mass is 19.2. The third-order valence-corrected chi connectivity index (χ3v) is 13.4. The number of methoxy groups -OCH3 is 1. The predicted octanol–water partition coefficient (Wildman–Crippen LogP) is 6.29. The van der Waals surface area contributed by atoms with E-state index in [0.29, 0.717) is 52.2 Å². The maximum Gasteiger partial charge on any atom is 0.323 e. The number of carbonyl (C=O) groups is 8. The third kappa shape index (κ3) is 36.5. The van der Waals surface area contributed by atoms with Gasteiger partial charge in [0.05, 0.1) is 59.1 Å². The fourth-order valence-corrected chi connectivity index (χ4v) is 9.33. The summed E-state index contributed by atoms with van der Waals surface area (Å²) in [5, 5.41) is 8.54. The summed E-state index contributed by atoms with van der Waals surface area (Å²) in [5.74, 6) is -13.1. The molecule has 27 heteroatoms. The van der Waals surface area contributed by atoms with Crippen LogP contribution >= 0.6 is 0 Å². The Labute approximate surface area is 536 Å². The van der Waals surface area contributed by atoms with Gasteiger partial charge in [0.15, 0.2) is 11.6 Å². The van der Waals surface area contributed by atoms with E-state index in [2.05, 4.69) is 20.7 Å². The molecule has 3 N–H and O–H groups in total. The molecular formula is C64H107F4N7O16. The first-order valence-electron chi connectivity index (χ1n) is 31.3. The molecule has 1 aromatic carbocycles. The van der Waals surface area contributed by atoms with Crippen molar-refractivity contribution < 1.29 is 93.8 Å². The average molecular weight is 1310 g/mol. The van der Waals surface area contributed by atoms with E-state index in [0.717, 1.165) is 0 Å². The van der Waals surface area contributed by atoms with E-state index in [4.69, 9.17) is 33.2 Å². The van der Waals surface area contributed by atoms with Gasteiger partial charge in [-0.25, -0.2) is 8.78 Å². The smallest absolute Gasteiger partial charge is 0.323 e. The minimum absolute atomic E-state index is 0.00377. The van der Waals surface area contributed by atoms with Crippen molar-refractivity contribution in [1.29, 1.82) is 0 Å². The lowest BCUT2D eigenvalue weighted by Crippen LogP contribution is -2.53. The number of hydrogen-bond donors (Lipinski definition) is 3. The van der Waals surface area contributed by atoms with E-state index < -0.39 is 122 Å². The molecule has 1 aliphatic heterocycles. The minimum Gasteiger partial charge on any atom is -0.459 e. The quantitative estimate of drug-likeness (QED) is 0.0175. The molecule has 1 saturated heterocycles. The Balaban J connectivity index is 2.27. The van der Waals surface area contributed by atoms with Crippen molar-refractivity contribution in [3.8, 4) is 5.75 Å². The van der Waals surface area contributed by atoms with Gasteiger partial charge in [-0.15, -0.1) is 0 Å². The van der Waals surface area contributed by atoms with Crippen molar-refractivity contribution in [2.45, 2.75) is 190 Å². The number of unbranched alkanes of at least 4 members (excludes halogenated alkanes) is 1. The molecule has 0 aliphatic carbocycles. The van der Waals surface area contributed by atoms with E-state index in [-0.39, 0.29) is 116 Å². The summed E-state index contributed by atoms with van der Waals surface area (Å²) >= 11 is 0. The molecule has 0 radical (unpaired) electrons. The third-order valence-electron chi connectivity index (χ3n) is 13.4. The van der Waals surface area contributed by atoms with E-state index in [9.17, 15) is 55.9 Å². The Bertz CT molecular complexity index is 2440. The largest absolute Gasteiger partial charge is 0.459 e. The summed E-state index contributed by atoms with van der Waals surface area (Å²) in [6, 6.07) is -1.95. The fourth-order valence-electron chi connectivity index (χ4n) is 9.33. The molecule has 1 aliphatic rings. The number of nitrogens with zero attached hydrogens (tertiary/aromatic N) is 4. The Morgan fingerprint density at radius 1 is 0.505 bits per heavy atom. The molecule has 522 valence electrons. The summed E-state index contributed by atoms with van der Waals surface area (Å²) < 4.78 is 99.9. The number of benzene rings is 1. The van der Waals surface area contributed by atoms with Gasteiger partial charge in [-0.2, -0.15) is 8.78 Å². The van der Waals surface area contributed by atoms with Crippen LogP contribution in [0.15, 0.2) is 6.07 Å². The Hall–Kier alpha value is -5.58. The van der Waals surface area contributed by atoms with Gasteiger partial charge >= 0.3 is 29.8 Å². The molecule has 91 heavy (non-hydrogen) atoms. The topological polar surface area (TPSA) is 259 Å². The van der Waals surface area contributed by atoms with Gasteiger partial charge in [0.2, 0.25) is 35.1 Å². The van der Waals surface area contributed by atoms with Gasteiger partial charge in [0.25, 0.3) is 0 Å². The van der Waals surface area contributed by atoms with Crippen LogP contribution in [-0.4, -0.2) is 227 Å². The van der Waals surface area contributed by atoms with Crippen molar-refractivity contribution in [1.82, 2.24) is 35.6 Å². The highest BCUT2D eigenvalue weighted by molar-refractivity contribution is 5.88. The number of hydrogen-bond acceptors (Lipinski definition) is 20. The van der Waals surface area contributed by atoms with Crippen LogP contribution < -0.4 is 20.7 Å². The van der Waals surface area contributed by atoms with Crippen LogP contribution in [0.3, 0.4) is 0 Å². The Kier molecular flexibility index (Phi) is 34.0. The highest BCUT2D eigenvalue weighted by Gasteiger charge is 2.35. The van der Waals surface area contributed by atoms with Crippen LogP contribution in [-0.2, 0) is 71.5 Å². The van der Waals surface area contributed by atoms with Crippen molar-refractivity contribution in [2.24, 2.45) is 10.8 Å². The second kappa shape index (κ2) is 37.9. The van der Waals surface area contributed by atoms with E-state index in [1.165, 1.54) is 7.11 Å². The van der Waals surface area contributed by atoms with Crippen molar-refractivity contribution >= 4 is 47.6 Å². The molecule has 1 heterocycles. The van der Waals surface area contributed by atoms with Crippen molar-refractivity contribution in [3.05, 3.63) is 29.3 Å². The number of ether oxygens (including phenoxy) is 8. The van der Waals surface area contributed by atoms with Gasteiger partial charge in [-0.3, -0.25) is 58.0 Å². The van der Waals surface area contributed by atoms with E-state index in [1.54, 1.807) is 111 Å². The molecule has 23 nitrogen and oxygen atoms in total. The summed E-state index contributed by atoms with van der Waals surface area (Å²) in [4.78, 5) is 116. The number of halogens is 4. The number of nitrogens with one attached hydrogen (secondary N) is 3. The first-order valence-corrected chi connectivity index (χ1v) is 31.3. The molecule has 1 aromatic rings. The molecule has 0 saturated carbocycles. The maximum atomic E-state index is 14.4. The number of carbonyl (C=O) groups excluding carboxylic acids is 8. The summed E-state index contributed by atoms with van der Waals surface area (Å²) in [6.45, 7) is 31.0. The lowest BCUT2D eigenvalue weighted by Gasteiger charge is -2.37. The number of esters is 5. The maximum absolute atomic E-state index is 14.4. The zero-order chi connectivity index (χ0) is 69.1. The van der Waals surface area contributed by atoms with Gasteiger partial charge in [-0.1, -0.05) is 27.7 Å². The summed E-state index contributed by atoms with van der Waals surface area (Å²) in [5.41, 5.74) is -4.98. The lowest BCUT2D eigenvalue weighted by atomic mass is 9.88. The van der Waals surface area contributed by atoms with Crippen LogP contribution in [0.5, 0.6) is 5.75 Å². The summed E-state index contributed by atoms with van der Waals surface area (Å²) in [7, 11) is 1.53. The molecule has 3 amide bonds. The molecule has 0 bridgehead atoms. The standard InChI is InChI=1S/C64H107F4N7O16/c1-59(2,3)88-51(79)39-72-25-27-73(40-52(80)89-60(4,5)6)29-31-75(32-30-74(28-26-72)41-53(81)90-61(7,8)9)47(58(83)91-62(10,11)12)21-22-48(76)69-23-19-18-20-46(57(82)70-24-33-85-35-34-84-17)71-49(77)37-63(13,14)42-86-43-64(15,16)38-50(78)87-56-54(67)44(65)36-45(66)55(56)68/h36,46-47H,18-35,37-43H2,1-17H3,(H,69,76)(H,70,82)(H,71,77)/t46-,47?/m1/s1. The monoisotopic (exact) mass is 1310 g/mol. The van der Waals surface area contributed by atoms with Crippen molar-refractivity contribution in [3.63, 3.8) is 0 Å². The Morgan fingerprint density at radius 2 is 0.956 bits per heavy atom. The molecular weight excluding hydrogens is 1200 g/mol. The second-order valence-electron chi connectivity index (χ2n) is 28.5. The Morgan fingerprint density at radius 3 is 1.41 bits per heavy atom. The zero-order valence-electron chi connectivity index (χ0n) is 57.2.